The fraction of sp³-hybridized carbons (Fsp3) is 0.511. The van der Waals surface area contributed by atoms with Gasteiger partial charge in [-0.2, -0.15) is 0 Å². The third-order valence-electron chi connectivity index (χ3n) is 14.6. The molecule has 9 rings (SSSR count). The van der Waals surface area contributed by atoms with Gasteiger partial charge in [-0.25, -0.2) is 0 Å². The molecule has 0 spiro atoms. The molecule has 0 N–H and O–H groups in total. The summed E-state index contributed by atoms with van der Waals surface area (Å²) < 4.78 is 0.303. The van der Waals surface area contributed by atoms with E-state index >= 15 is 0 Å². The zero-order valence-corrected chi connectivity index (χ0v) is 36.1. The summed E-state index contributed by atoms with van der Waals surface area (Å²) in [6, 6.07) is 24.0. The minimum atomic E-state index is -4.77. The summed E-state index contributed by atoms with van der Waals surface area (Å²) >= 11 is -4.77. The van der Waals surface area contributed by atoms with E-state index in [1.807, 2.05) is 0 Å². The van der Waals surface area contributed by atoms with E-state index in [9.17, 15) is 0 Å². The molecule has 3 aromatic carbocycles. The third-order valence-corrected chi connectivity index (χ3v) is 66.3. The number of benzene rings is 3. The van der Waals surface area contributed by atoms with Gasteiger partial charge in [0.25, 0.3) is 0 Å². The molecule has 4 bridgehead atoms. The van der Waals surface area contributed by atoms with Crippen molar-refractivity contribution in [1.82, 2.24) is 0 Å². The van der Waals surface area contributed by atoms with Crippen LogP contribution in [0.5, 0.6) is 0 Å². The van der Waals surface area contributed by atoms with E-state index in [-0.39, 0.29) is 7.25 Å². The van der Waals surface area contributed by atoms with Crippen molar-refractivity contribution in [3.63, 3.8) is 0 Å². The third kappa shape index (κ3) is 5.25. The van der Waals surface area contributed by atoms with E-state index in [1.165, 1.54) is 88.6 Å². The normalized spacial score (nSPS) is 29.9. The first kappa shape index (κ1) is 34.9. The van der Waals surface area contributed by atoms with Crippen LogP contribution in [0.1, 0.15) is 133 Å². The maximum absolute atomic E-state index is 8.70. The van der Waals surface area contributed by atoms with Gasteiger partial charge in [0.1, 0.15) is 0 Å². The standard InChI is InChI=1S/C27H29.C16H21.C2H7Si.2ClH.Zr/c1-2-18-13-23-4-3-5-25(26(23)14-18)22-6-8-24(9-7-22)27-15-19-10-20(16-27)12-21(11-19)17-27;1-5-12(4)15-8-6-7-13-9-14(11(2)3)10-16(13)15;1-3-2;;;/h3-9,13-14,19-21H,2,10-12,15-17H2,1H3;6-12H,5H2,1-4H3;3H,1-2H3;2*1H;/q;;;;;+2/p-2. The Balaban J connectivity index is 1.23. The van der Waals surface area contributed by atoms with E-state index < -0.39 is 21.5 Å². The Bertz CT molecular complexity index is 1810. The molecule has 3 aromatic rings. The van der Waals surface area contributed by atoms with Crippen LogP contribution in [-0.2, 0) is 21.0 Å². The van der Waals surface area contributed by atoms with Crippen LogP contribution in [0.3, 0.4) is 0 Å². The van der Waals surface area contributed by atoms with Crippen LogP contribution in [-0.4, -0.2) is 5.92 Å². The molecule has 0 heterocycles. The SMILES string of the molecule is CCC1=Cc2c(-c3ccc(C45CC6CC(CC(C6)C4)C5)cc3)cccc2[CH]1[Zr]([Cl])([Cl])([CH]1C(C(C)C)=Cc2c(C(C)CC)cccc21)[SiH](C)C. The van der Waals surface area contributed by atoms with Gasteiger partial charge in [-0.15, -0.1) is 0 Å². The summed E-state index contributed by atoms with van der Waals surface area (Å²) in [6.07, 6.45) is 15.9. The molecule has 49 heavy (non-hydrogen) atoms. The van der Waals surface area contributed by atoms with Crippen molar-refractivity contribution in [3.05, 3.63) is 105 Å². The molecular weight excluding hydrogens is 731 g/mol. The van der Waals surface area contributed by atoms with Gasteiger partial charge in [0.05, 0.1) is 0 Å². The molecule has 0 saturated heterocycles. The van der Waals surface area contributed by atoms with Crippen LogP contribution in [0.15, 0.2) is 71.8 Å². The Hall–Kier alpha value is -1.18. The molecule has 0 radical (unpaired) electrons. The van der Waals surface area contributed by atoms with Gasteiger partial charge in [0.2, 0.25) is 0 Å². The zero-order valence-electron chi connectivity index (χ0n) is 31.0. The molecule has 259 valence electrons. The second kappa shape index (κ2) is 12.5. The Morgan fingerprint density at radius 3 is 1.90 bits per heavy atom. The fourth-order valence-corrected chi connectivity index (χ4v) is 43.8. The quantitative estimate of drug-likeness (QED) is 0.190. The number of hydrogen-bond acceptors (Lipinski definition) is 0. The van der Waals surface area contributed by atoms with Crippen molar-refractivity contribution >= 4 is 35.1 Å². The molecule has 0 amide bonds. The molecule has 0 aromatic heterocycles. The molecule has 3 unspecified atom stereocenters. The van der Waals surface area contributed by atoms with Crippen LogP contribution in [0.2, 0.25) is 13.1 Å². The van der Waals surface area contributed by atoms with E-state index in [4.69, 9.17) is 17.0 Å². The summed E-state index contributed by atoms with van der Waals surface area (Å²) in [5.74, 6) is 2.22. The van der Waals surface area contributed by atoms with E-state index in [0.29, 0.717) is 17.3 Å². The molecule has 4 saturated carbocycles. The van der Waals surface area contributed by atoms with Gasteiger partial charge >= 0.3 is 308 Å². The van der Waals surface area contributed by atoms with Crippen molar-refractivity contribution in [2.45, 2.75) is 118 Å². The van der Waals surface area contributed by atoms with Crippen molar-refractivity contribution < 1.29 is 15.6 Å². The van der Waals surface area contributed by atoms with Crippen LogP contribution in [0, 0.1) is 23.7 Å². The van der Waals surface area contributed by atoms with Crippen LogP contribution >= 0.6 is 17.0 Å². The number of fused-ring (bicyclic) bond motifs is 2. The van der Waals surface area contributed by atoms with Crippen LogP contribution in [0.4, 0.5) is 0 Å². The molecular formula is C45H57Cl2SiZr. The van der Waals surface area contributed by atoms with Crippen molar-refractivity contribution in [2.75, 3.05) is 0 Å². The molecule has 0 aliphatic heterocycles. The van der Waals surface area contributed by atoms with Gasteiger partial charge in [-0.1, -0.05) is 0 Å². The van der Waals surface area contributed by atoms with Crippen LogP contribution < -0.4 is 0 Å². The summed E-state index contributed by atoms with van der Waals surface area (Å²) in [4.78, 5) is 0. The molecule has 3 atom stereocenters. The first-order chi connectivity index (χ1) is 23.4. The van der Waals surface area contributed by atoms with E-state index in [2.05, 4.69) is 121 Å². The first-order valence-electron chi connectivity index (χ1n) is 19.7. The molecule has 6 aliphatic carbocycles. The Kier molecular flexibility index (Phi) is 8.87. The monoisotopic (exact) mass is 785 g/mol. The molecule has 4 fully saturated rings. The Morgan fingerprint density at radius 1 is 0.755 bits per heavy atom. The van der Waals surface area contributed by atoms with Crippen molar-refractivity contribution in [2.24, 2.45) is 23.7 Å². The molecule has 4 heteroatoms. The predicted octanol–water partition coefficient (Wildman–Crippen LogP) is 14.0. The first-order valence-corrected chi connectivity index (χ1v) is 36.1. The van der Waals surface area contributed by atoms with Gasteiger partial charge in [-0.3, -0.25) is 0 Å². The summed E-state index contributed by atoms with van der Waals surface area (Å²) in [5.41, 5.74) is 14.8. The van der Waals surface area contributed by atoms with E-state index in [1.54, 1.807) is 5.56 Å². The average Bonchev–Trinajstić information content (AvgIpc) is 3.68. The summed E-state index contributed by atoms with van der Waals surface area (Å²) in [7, 11) is 17.4. The Morgan fingerprint density at radius 2 is 1.35 bits per heavy atom. The maximum atomic E-state index is 8.70. The number of halogens is 2. The second-order valence-corrected chi connectivity index (χ2v) is 60.4. The van der Waals surface area contributed by atoms with Gasteiger partial charge in [0.15, 0.2) is 0 Å². The van der Waals surface area contributed by atoms with Gasteiger partial charge in [-0.05, 0) is 0 Å². The fourth-order valence-electron chi connectivity index (χ4n) is 12.2. The summed E-state index contributed by atoms with van der Waals surface area (Å²) in [5, 5.41) is 0. The number of rotatable bonds is 9. The minimum absolute atomic E-state index is 0.146. The zero-order chi connectivity index (χ0) is 34.5. The van der Waals surface area contributed by atoms with Crippen molar-refractivity contribution in [1.29, 1.82) is 0 Å². The molecule has 0 nitrogen and oxygen atoms in total. The Labute approximate surface area is 306 Å². The van der Waals surface area contributed by atoms with E-state index in [0.717, 1.165) is 30.6 Å². The molecule has 6 aliphatic rings. The van der Waals surface area contributed by atoms with Crippen LogP contribution in [0.25, 0.3) is 23.3 Å². The van der Waals surface area contributed by atoms with Gasteiger partial charge < -0.3 is 0 Å². The topological polar surface area (TPSA) is 0 Å². The van der Waals surface area contributed by atoms with Crippen molar-refractivity contribution in [3.8, 4) is 11.1 Å². The average molecular weight is 788 g/mol. The summed E-state index contributed by atoms with van der Waals surface area (Å²) in [6.45, 7) is 16.7. The second-order valence-electron chi connectivity index (χ2n) is 17.9. The number of hydrogen-bond donors (Lipinski definition) is 0. The number of allylic oxidation sites excluding steroid dienone is 2. The van der Waals surface area contributed by atoms with Gasteiger partial charge in [0, 0.05) is 0 Å². The predicted molar refractivity (Wildman–Crippen MR) is 214 cm³/mol.